The summed E-state index contributed by atoms with van der Waals surface area (Å²) in [6.45, 7) is 6.95. The number of carbonyl (C=O) groups excluding carboxylic acids is 4. The lowest BCUT2D eigenvalue weighted by Crippen LogP contribution is -2.50. The Kier molecular flexibility index (Phi) is 7.67. The van der Waals surface area contributed by atoms with Gasteiger partial charge in [-0.2, -0.15) is 0 Å². The average molecular weight is 577 g/mol. The molecule has 1 unspecified atom stereocenters. The molecule has 3 aromatic rings. The summed E-state index contributed by atoms with van der Waals surface area (Å²) < 4.78 is 5.46. The number of rotatable bonds is 6. The number of aryl methyl sites for hydroxylation is 1. The van der Waals surface area contributed by atoms with Crippen LogP contribution in [0.3, 0.4) is 0 Å². The molecule has 0 radical (unpaired) electrons. The third kappa shape index (κ3) is 5.86. The first-order valence-corrected chi connectivity index (χ1v) is 14.2. The Morgan fingerprint density at radius 1 is 1.10 bits per heavy atom. The maximum Gasteiger partial charge on any atom is 0.411 e. The van der Waals surface area contributed by atoms with E-state index < -0.39 is 47.6 Å². The molecule has 4 amide bonds. The Labute approximate surface area is 241 Å². The maximum atomic E-state index is 13.6. The van der Waals surface area contributed by atoms with E-state index in [0.29, 0.717) is 16.7 Å². The molecule has 2 aliphatic rings. The third-order valence-corrected chi connectivity index (χ3v) is 8.07. The van der Waals surface area contributed by atoms with Crippen LogP contribution in [0.2, 0.25) is 0 Å². The number of ether oxygens (including phenoxy) is 1. The minimum atomic E-state index is -0.983. The topological polar surface area (TPSA) is 129 Å². The van der Waals surface area contributed by atoms with Crippen LogP contribution in [0.5, 0.6) is 0 Å². The van der Waals surface area contributed by atoms with Gasteiger partial charge in [0.05, 0.1) is 52.4 Å². The molecular weight excluding hydrogens is 544 g/mol. The van der Waals surface area contributed by atoms with E-state index in [1.54, 1.807) is 50.5 Å². The summed E-state index contributed by atoms with van der Waals surface area (Å²) in [5.41, 5.74) is 4.15. The molecule has 214 valence electrons. The summed E-state index contributed by atoms with van der Waals surface area (Å²) in [4.78, 5) is 60.5. The van der Waals surface area contributed by atoms with E-state index in [0.717, 1.165) is 21.0 Å². The van der Waals surface area contributed by atoms with E-state index in [1.807, 2.05) is 31.2 Å². The van der Waals surface area contributed by atoms with Crippen LogP contribution in [0.15, 0.2) is 54.0 Å². The predicted octanol–water partition coefficient (Wildman–Crippen LogP) is 3.94. The molecule has 0 aliphatic carbocycles. The summed E-state index contributed by atoms with van der Waals surface area (Å²) in [5.74, 6) is -1.39. The molecular formula is C30H32N4O6S. The summed E-state index contributed by atoms with van der Waals surface area (Å²) in [6, 6.07) is 12.3. The van der Waals surface area contributed by atoms with Gasteiger partial charge in [-0.25, -0.2) is 9.78 Å². The monoisotopic (exact) mass is 576 g/mol. The van der Waals surface area contributed by atoms with Gasteiger partial charge in [0.15, 0.2) is 0 Å². The molecule has 0 spiro atoms. The van der Waals surface area contributed by atoms with Crippen molar-refractivity contribution in [3.8, 4) is 10.4 Å². The summed E-state index contributed by atoms with van der Waals surface area (Å²) in [6.07, 6.45) is -1.56. The number of carbonyl (C=O) groups is 4. The van der Waals surface area contributed by atoms with Crippen LogP contribution in [-0.4, -0.2) is 74.5 Å². The summed E-state index contributed by atoms with van der Waals surface area (Å²) in [7, 11) is 0. The van der Waals surface area contributed by atoms with Gasteiger partial charge in [0.25, 0.3) is 11.8 Å². The first-order valence-electron chi connectivity index (χ1n) is 13.4. The van der Waals surface area contributed by atoms with Crippen molar-refractivity contribution in [3.63, 3.8) is 0 Å². The minimum Gasteiger partial charge on any atom is -0.444 e. The lowest BCUT2D eigenvalue weighted by atomic mass is 10.0. The van der Waals surface area contributed by atoms with E-state index in [-0.39, 0.29) is 19.5 Å². The van der Waals surface area contributed by atoms with E-state index in [4.69, 9.17) is 4.74 Å². The van der Waals surface area contributed by atoms with Crippen LogP contribution in [0.4, 0.5) is 4.79 Å². The van der Waals surface area contributed by atoms with Crippen LogP contribution < -0.4 is 5.32 Å². The van der Waals surface area contributed by atoms with Gasteiger partial charge in [-0.3, -0.25) is 24.2 Å². The normalized spacial score (nSPS) is 19.3. The van der Waals surface area contributed by atoms with E-state index in [9.17, 15) is 24.3 Å². The van der Waals surface area contributed by atoms with Crippen LogP contribution in [-0.2, 0) is 9.53 Å². The summed E-state index contributed by atoms with van der Waals surface area (Å²) >= 11 is 1.52. The first kappa shape index (κ1) is 28.4. The number of aliphatic hydroxyl groups excluding tert-OH is 1. The van der Waals surface area contributed by atoms with Crippen molar-refractivity contribution in [1.29, 1.82) is 0 Å². The largest absolute Gasteiger partial charge is 0.444 e. The Morgan fingerprint density at radius 3 is 2.29 bits per heavy atom. The maximum absolute atomic E-state index is 13.6. The first-order chi connectivity index (χ1) is 19.4. The Hall–Kier alpha value is -4.09. The molecule has 11 heteroatoms. The molecule has 10 nitrogen and oxygen atoms in total. The van der Waals surface area contributed by atoms with Crippen molar-refractivity contribution in [1.82, 2.24) is 20.1 Å². The highest BCUT2D eigenvalue weighted by Gasteiger charge is 2.42. The highest BCUT2D eigenvalue weighted by atomic mass is 32.1. The smallest absolute Gasteiger partial charge is 0.411 e. The molecule has 2 N–H and O–H groups in total. The second kappa shape index (κ2) is 11.1. The number of thiazole rings is 1. The fraction of sp³-hybridized carbons (Fsp3) is 0.367. The van der Waals surface area contributed by atoms with Crippen LogP contribution in [0.25, 0.3) is 10.4 Å². The number of benzene rings is 2. The van der Waals surface area contributed by atoms with Gasteiger partial charge >= 0.3 is 6.09 Å². The van der Waals surface area contributed by atoms with Gasteiger partial charge < -0.3 is 15.2 Å². The SMILES string of the molecule is Cc1ncsc1-c1ccc(C(CN2C(=O)c3ccccc3C2=O)NC(=O)[C@@H]2C[C@@H](O)CN2C(=O)OC(C)(C)C)cc1. The lowest BCUT2D eigenvalue weighted by Gasteiger charge is -2.30. The molecule has 41 heavy (non-hydrogen) atoms. The van der Waals surface area contributed by atoms with Crippen LogP contribution in [0.1, 0.15) is 65.2 Å². The van der Waals surface area contributed by atoms with Crippen LogP contribution >= 0.6 is 11.3 Å². The third-order valence-electron chi connectivity index (χ3n) is 7.09. The molecule has 3 atom stereocenters. The van der Waals surface area contributed by atoms with Gasteiger partial charge in [0.1, 0.15) is 11.6 Å². The van der Waals surface area contributed by atoms with Crippen molar-refractivity contribution < 1.29 is 29.0 Å². The average Bonchev–Trinajstić information content (AvgIpc) is 3.60. The number of amides is 4. The number of imide groups is 1. The number of fused-ring (bicyclic) bond motifs is 1. The zero-order valence-electron chi connectivity index (χ0n) is 23.3. The highest BCUT2D eigenvalue weighted by Crippen LogP contribution is 2.30. The molecule has 1 fully saturated rings. The van der Waals surface area contributed by atoms with Gasteiger partial charge in [0, 0.05) is 6.42 Å². The van der Waals surface area contributed by atoms with Crippen molar-refractivity contribution in [2.24, 2.45) is 0 Å². The Morgan fingerprint density at radius 2 is 1.73 bits per heavy atom. The molecule has 2 aliphatic heterocycles. The number of aliphatic hydroxyl groups is 1. The molecule has 2 aromatic carbocycles. The number of aromatic nitrogens is 1. The number of nitrogens with zero attached hydrogens (tertiary/aromatic N) is 3. The standard InChI is InChI=1S/C30H32N4O6S/c1-17-25(41-16-31-17)19-11-9-18(10-12-19)23(15-34-27(37)21-7-5-6-8-22(21)28(34)38)32-26(36)24-13-20(35)14-33(24)29(39)40-30(2,3)4/h5-12,16,20,23-24,35H,13-15H2,1-4H3,(H,32,36)/t20-,23?,24+/m1/s1. The Balaban J connectivity index is 1.42. The zero-order chi connectivity index (χ0) is 29.5. The predicted molar refractivity (Wildman–Crippen MR) is 152 cm³/mol. The number of β-amino-alcohol motifs (C(OH)–C–C–N with tert-alkyl or cyclic N) is 1. The quantitative estimate of drug-likeness (QED) is 0.425. The second-order valence-electron chi connectivity index (χ2n) is 11.3. The number of likely N-dealkylation sites (tertiary alicyclic amines) is 1. The molecule has 0 bridgehead atoms. The van der Waals surface area contributed by atoms with Gasteiger partial charge in [0.2, 0.25) is 5.91 Å². The molecule has 0 saturated carbocycles. The minimum absolute atomic E-state index is 0.0361. The Bertz CT molecular complexity index is 1460. The van der Waals surface area contributed by atoms with Crippen molar-refractivity contribution in [2.45, 2.75) is 57.9 Å². The number of hydrogen-bond donors (Lipinski definition) is 2. The summed E-state index contributed by atoms with van der Waals surface area (Å²) in [5, 5.41) is 13.3. The van der Waals surface area contributed by atoms with Gasteiger partial charge in [-0.1, -0.05) is 36.4 Å². The van der Waals surface area contributed by atoms with Gasteiger partial charge in [-0.15, -0.1) is 11.3 Å². The number of hydrogen-bond acceptors (Lipinski definition) is 8. The van der Waals surface area contributed by atoms with E-state index in [1.165, 1.54) is 16.2 Å². The van der Waals surface area contributed by atoms with Crippen molar-refractivity contribution in [2.75, 3.05) is 13.1 Å². The fourth-order valence-electron chi connectivity index (χ4n) is 5.12. The molecule has 3 heterocycles. The lowest BCUT2D eigenvalue weighted by molar-refractivity contribution is -0.126. The van der Waals surface area contributed by atoms with E-state index >= 15 is 0 Å². The van der Waals surface area contributed by atoms with Crippen LogP contribution in [0, 0.1) is 6.92 Å². The zero-order valence-corrected chi connectivity index (χ0v) is 24.1. The van der Waals surface area contributed by atoms with E-state index in [2.05, 4.69) is 10.3 Å². The van der Waals surface area contributed by atoms with Crippen molar-refractivity contribution >= 4 is 35.2 Å². The van der Waals surface area contributed by atoms with Crippen molar-refractivity contribution in [3.05, 3.63) is 76.4 Å². The fourth-order valence-corrected chi connectivity index (χ4v) is 5.93. The highest BCUT2D eigenvalue weighted by molar-refractivity contribution is 7.13. The molecule has 1 saturated heterocycles. The second-order valence-corrected chi connectivity index (χ2v) is 12.1. The molecule has 1 aromatic heterocycles. The molecule has 5 rings (SSSR count). The van der Waals surface area contributed by atoms with Gasteiger partial charge in [-0.05, 0) is 51.0 Å². The number of nitrogens with one attached hydrogen (secondary N) is 1.